The predicted octanol–water partition coefficient (Wildman–Crippen LogP) is 6.96. The topological polar surface area (TPSA) is 104 Å². The SMILES string of the molecule is CC(CCCC(=O)O)[C@H]1CC[C@H]2[C@@H]3[C@H](OC(=O)CO)C[C@@H]4C[C@](O)(c5ccc(C(F)(F)F)cc5)CC[C@]4(C)[C@H]3CC[C@]12C. The third-order valence-corrected chi connectivity index (χ3v) is 12.7. The van der Waals surface area contributed by atoms with Crippen LogP contribution in [0.1, 0.15) is 103 Å². The summed E-state index contributed by atoms with van der Waals surface area (Å²) >= 11 is 0. The minimum atomic E-state index is -4.44. The van der Waals surface area contributed by atoms with Crippen molar-refractivity contribution in [1.82, 2.24) is 0 Å². The highest BCUT2D eigenvalue weighted by Crippen LogP contribution is 2.69. The van der Waals surface area contributed by atoms with E-state index < -0.39 is 42.0 Å². The zero-order chi connectivity index (χ0) is 31.4. The molecule has 1 unspecified atom stereocenters. The van der Waals surface area contributed by atoms with E-state index in [-0.39, 0.29) is 35.0 Å². The molecule has 0 aliphatic heterocycles. The molecule has 240 valence electrons. The van der Waals surface area contributed by atoms with Crippen LogP contribution in [0.5, 0.6) is 0 Å². The molecule has 0 heterocycles. The van der Waals surface area contributed by atoms with E-state index in [4.69, 9.17) is 9.84 Å². The summed E-state index contributed by atoms with van der Waals surface area (Å²) in [5.41, 5.74) is -1.59. The molecule has 0 bridgehead atoms. The average molecular weight is 609 g/mol. The maximum Gasteiger partial charge on any atom is 0.416 e. The number of esters is 1. The highest BCUT2D eigenvalue weighted by atomic mass is 19.4. The van der Waals surface area contributed by atoms with Crippen molar-refractivity contribution in [3.63, 3.8) is 0 Å². The van der Waals surface area contributed by atoms with Gasteiger partial charge in [-0.3, -0.25) is 4.79 Å². The molecule has 0 saturated heterocycles. The van der Waals surface area contributed by atoms with E-state index in [1.165, 1.54) is 12.1 Å². The van der Waals surface area contributed by atoms with E-state index in [1.54, 1.807) is 0 Å². The summed E-state index contributed by atoms with van der Waals surface area (Å²) in [6.45, 7) is 6.23. The van der Waals surface area contributed by atoms with Crippen LogP contribution in [0, 0.1) is 46.3 Å². The maximum atomic E-state index is 13.2. The summed E-state index contributed by atoms with van der Waals surface area (Å²) in [5, 5.41) is 30.5. The molecular formula is C34H47F3O6. The largest absolute Gasteiger partial charge is 0.481 e. The number of aliphatic hydroxyl groups is 2. The number of hydrogen-bond donors (Lipinski definition) is 3. The van der Waals surface area contributed by atoms with Crippen LogP contribution in [0.15, 0.2) is 24.3 Å². The molecule has 6 nitrogen and oxygen atoms in total. The van der Waals surface area contributed by atoms with E-state index in [1.807, 2.05) is 0 Å². The van der Waals surface area contributed by atoms with Gasteiger partial charge in [-0.15, -0.1) is 0 Å². The standard InChI is InChI=1S/C34H47F3O6/c1-20(5-4-6-28(39)40)24-11-12-25-30-26(13-14-32(24,25)3)31(2)15-16-33(42,18-23(31)17-27(30)43-29(41)19-38)21-7-9-22(10-8-21)34(35,36)37/h7-10,20,23-27,30,38,42H,4-6,11-19H2,1-3H3,(H,39,40)/t20?,23-,24-,25+,26+,27-,30+,31+,32-,33+/m1/s1. The summed E-state index contributed by atoms with van der Waals surface area (Å²) in [4.78, 5) is 23.6. The molecular weight excluding hydrogens is 561 g/mol. The molecule has 0 radical (unpaired) electrons. The molecule has 4 aliphatic rings. The number of carbonyl (C=O) groups excluding carboxylic acids is 1. The predicted molar refractivity (Wildman–Crippen MR) is 154 cm³/mol. The van der Waals surface area contributed by atoms with Crippen molar-refractivity contribution in [3.05, 3.63) is 35.4 Å². The number of hydrogen-bond acceptors (Lipinski definition) is 5. The average Bonchev–Trinajstić information content (AvgIpc) is 3.30. The van der Waals surface area contributed by atoms with Crippen LogP contribution in [0.25, 0.3) is 0 Å². The summed E-state index contributed by atoms with van der Waals surface area (Å²) in [5.74, 6) is 0.172. The second kappa shape index (κ2) is 11.7. The number of fused-ring (bicyclic) bond motifs is 5. The number of carboxylic acid groups (broad SMARTS) is 1. The van der Waals surface area contributed by atoms with Crippen molar-refractivity contribution >= 4 is 11.9 Å². The van der Waals surface area contributed by atoms with Crippen molar-refractivity contribution in [2.75, 3.05) is 6.61 Å². The van der Waals surface area contributed by atoms with E-state index in [9.17, 15) is 33.0 Å². The van der Waals surface area contributed by atoms with E-state index in [0.717, 1.165) is 50.7 Å². The smallest absolute Gasteiger partial charge is 0.416 e. The molecule has 3 N–H and O–H groups in total. The van der Waals surface area contributed by atoms with Gasteiger partial charge in [0.1, 0.15) is 12.7 Å². The quantitative estimate of drug-likeness (QED) is 0.276. The Morgan fingerprint density at radius 2 is 1.70 bits per heavy atom. The van der Waals surface area contributed by atoms with Gasteiger partial charge in [0.05, 0.1) is 11.2 Å². The van der Waals surface area contributed by atoms with Gasteiger partial charge in [0.15, 0.2) is 0 Å². The van der Waals surface area contributed by atoms with Crippen LogP contribution in [-0.2, 0) is 26.1 Å². The number of rotatable bonds is 8. The van der Waals surface area contributed by atoms with Crippen LogP contribution in [0.2, 0.25) is 0 Å². The number of ether oxygens (including phenoxy) is 1. The first-order valence-electron chi connectivity index (χ1n) is 16.0. The number of carboxylic acids is 1. The number of aliphatic carboxylic acids is 1. The lowest BCUT2D eigenvalue weighted by molar-refractivity contribution is -0.206. The van der Waals surface area contributed by atoms with Crippen LogP contribution >= 0.6 is 0 Å². The third kappa shape index (κ3) is 5.85. The minimum absolute atomic E-state index is 0.00258. The fourth-order valence-corrected chi connectivity index (χ4v) is 10.5. The molecule has 4 fully saturated rings. The monoisotopic (exact) mass is 608 g/mol. The Labute approximate surface area is 252 Å². The number of halogens is 3. The highest BCUT2D eigenvalue weighted by Gasteiger charge is 2.64. The molecule has 4 saturated carbocycles. The minimum Gasteiger partial charge on any atom is -0.481 e. The first-order chi connectivity index (χ1) is 20.1. The van der Waals surface area contributed by atoms with Crippen molar-refractivity contribution in [1.29, 1.82) is 0 Å². The summed E-state index contributed by atoms with van der Waals surface area (Å²) in [6.07, 6.45) is 3.10. The van der Waals surface area contributed by atoms with Gasteiger partial charge in [-0.05, 0) is 122 Å². The molecule has 0 aromatic heterocycles. The van der Waals surface area contributed by atoms with E-state index in [0.29, 0.717) is 49.0 Å². The lowest BCUT2D eigenvalue weighted by Crippen LogP contribution is -2.60. The molecule has 43 heavy (non-hydrogen) atoms. The number of benzene rings is 1. The Bertz CT molecular complexity index is 1190. The lowest BCUT2D eigenvalue weighted by atomic mass is 9.42. The molecule has 0 amide bonds. The molecule has 5 rings (SSSR count). The van der Waals surface area contributed by atoms with Crippen LogP contribution in [0.4, 0.5) is 13.2 Å². The first-order valence-corrected chi connectivity index (χ1v) is 16.0. The van der Waals surface area contributed by atoms with Crippen LogP contribution < -0.4 is 0 Å². The Morgan fingerprint density at radius 1 is 1.02 bits per heavy atom. The summed E-state index contributed by atoms with van der Waals surface area (Å²) in [6, 6.07) is 4.85. The van der Waals surface area contributed by atoms with Gasteiger partial charge in [0.25, 0.3) is 0 Å². The Balaban J connectivity index is 1.40. The molecule has 10 atom stereocenters. The van der Waals surface area contributed by atoms with Gasteiger partial charge in [-0.25, -0.2) is 4.79 Å². The second-order valence-electron chi connectivity index (χ2n) is 14.7. The molecule has 1 aromatic carbocycles. The van der Waals surface area contributed by atoms with Crippen molar-refractivity contribution < 1.29 is 42.8 Å². The molecule has 4 aliphatic carbocycles. The Kier molecular flexibility index (Phi) is 8.75. The maximum absolute atomic E-state index is 13.2. The molecule has 0 spiro atoms. The van der Waals surface area contributed by atoms with Crippen molar-refractivity contribution in [2.45, 2.75) is 109 Å². The number of alkyl halides is 3. The fourth-order valence-electron chi connectivity index (χ4n) is 10.5. The second-order valence-corrected chi connectivity index (χ2v) is 14.7. The summed E-state index contributed by atoms with van der Waals surface area (Å²) in [7, 11) is 0. The van der Waals surface area contributed by atoms with E-state index in [2.05, 4.69) is 20.8 Å². The lowest BCUT2D eigenvalue weighted by Gasteiger charge is -2.63. The number of aliphatic hydroxyl groups excluding tert-OH is 1. The Hall–Kier alpha value is -2.13. The molecule has 9 heteroatoms. The van der Waals surface area contributed by atoms with Gasteiger partial charge in [-0.2, -0.15) is 13.2 Å². The van der Waals surface area contributed by atoms with Gasteiger partial charge in [0, 0.05) is 12.3 Å². The van der Waals surface area contributed by atoms with Crippen LogP contribution in [-0.4, -0.2) is 40.0 Å². The van der Waals surface area contributed by atoms with Gasteiger partial charge >= 0.3 is 18.1 Å². The highest BCUT2D eigenvalue weighted by molar-refractivity contribution is 5.70. The summed E-state index contributed by atoms with van der Waals surface area (Å²) < 4.78 is 45.6. The number of carbonyl (C=O) groups is 2. The van der Waals surface area contributed by atoms with Gasteiger partial charge < -0.3 is 20.1 Å². The van der Waals surface area contributed by atoms with Gasteiger partial charge in [0.2, 0.25) is 0 Å². The zero-order valence-electron chi connectivity index (χ0n) is 25.5. The van der Waals surface area contributed by atoms with Crippen molar-refractivity contribution in [3.8, 4) is 0 Å². The molecule has 1 aromatic rings. The van der Waals surface area contributed by atoms with Crippen LogP contribution in [0.3, 0.4) is 0 Å². The third-order valence-electron chi connectivity index (χ3n) is 12.7. The normalized spacial score (nSPS) is 39.7. The zero-order valence-corrected chi connectivity index (χ0v) is 25.5. The first kappa shape index (κ1) is 32.3. The van der Waals surface area contributed by atoms with E-state index >= 15 is 0 Å². The van der Waals surface area contributed by atoms with Crippen molar-refractivity contribution in [2.24, 2.45) is 46.3 Å². The van der Waals surface area contributed by atoms with Gasteiger partial charge in [-0.1, -0.05) is 32.9 Å². The Morgan fingerprint density at radius 3 is 2.33 bits per heavy atom. The fraction of sp³-hybridized carbons (Fsp3) is 0.765.